The number of amides is 2. The molecule has 3 aromatic rings. The fraction of sp³-hybridized carbons (Fsp3) is 0.321. The summed E-state index contributed by atoms with van der Waals surface area (Å²) in [5, 5.41) is 3.00. The van der Waals surface area contributed by atoms with Gasteiger partial charge < -0.3 is 19.9 Å². The molecule has 1 aliphatic heterocycles. The average Bonchev–Trinajstić information content (AvgIpc) is 3.16. The first kappa shape index (κ1) is 24.3. The molecule has 1 saturated heterocycles. The minimum Gasteiger partial charge on any atom is -0.497 e. The van der Waals surface area contributed by atoms with E-state index in [2.05, 4.69) is 15.2 Å². The average molecular weight is 473 g/mol. The number of methoxy groups -OCH3 is 1. The van der Waals surface area contributed by atoms with Crippen molar-refractivity contribution in [3.05, 3.63) is 84.1 Å². The van der Waals surface area contributed by atoms with E-state index >= 15 is 0 Å². The lowest BCUT2D eigenvalue weighted by Crippen LogP contribution is -2.35. The standard InChI is InChI=1S/C28H32N4O3/c1-3-25(21-8-5-4-6-9-21)27(33)30-23-12-15-26(29-20-23)31-16-7-17-32(19-18-31)28(34)22-10-13-24(35-2)14-11-22/h4-6,8-15,20,25H,3,7,16-19H2,1-2H3,(H,30,33)/t25-/m0/s1. The molecule has 1 fully saturated rings. The number of nitrogens with zero attached hydrogens (tertiary/aromatic N) is 3. The summed E-state index contributed by atoms with van der Waals surface area (Å²) in [5.74, 6) is 1.38. The van der Waals surface area contributed by atoms with Gasteiger partial charge in [-0.15, -0.1) is 0 Å². The molecule has 7 heteroatoms. The number of carbonyl (C=O) groups is 2. The molecule has 182 valence electrons. The molecule has 2 aromatic carbocycles. The Hall–Kier alpha value is -3.87. The molecule has 7 nitrogen and oxygen atoms in total. The summed E-state index contributed by atoms with van der Waals surface area (Å²) in [5.41, 5.74) is 2.35. The van der Waals surface area contributed by atoms with E-state index in [1.165, 1.54) is 0 Å². The van der Waals surface area contributed by atoms with Crippen LogP contribution in [0.2, 0.25) is 0 Å². The zero-order valence-corrected chi connectivity index (χ0v) is 20.3. The lowest BCUT2D eigenvalue weighted by Gasteiger charge is -2.23. The normalized spacial score (nSPS) is 14.7. The molecular weight excluding hydrogens is 440 g/mol. The molecule has 0 bridgehead atoms. The number of hydrogen-bond acceptors (Lipinski definition) is 5. The van der Waals surface area contributed by atoms with Crippen molar-refractivity contribution in [3.63, 3.8) is 0 Å². The van der Waals surface area contributed by atoms with Crippen LogP contribution in [0.25, 0.3) is 0 Å². The summed E-state index contributed by atoms with van der Waals surface area (Å²) in [6, 6.07) is 20.9. The second-order valence-electron chi connectivity index (χ2n) is 8.63. The van der Waals surface area contributed by atoms with E-state index < -0.39 is 0 Å². The number of aromatic nitrogens is 1. The summed E-state index contributed by atoms with van der Waals surface area (Å²) in [4.78, 5) is 34.4. The first-order valence-corrected chi connectivity index (χ1v) is 12.1. The van der Waals surface area contributed by atoms with Crippen LogP contribution in [0, 0.1) is 0 Å². The van der Waals surface area contributed by atoms with Crippen molar-refractivity contribution in [1.82, 2.24) is 9.88 Å². The van der Waals surface area contributed by atoms with Crippen molar-refractivity contribution in [2.45, 2.75) is 25.7 Å². The Kier molecular flexibility index (Phi) is 7.98. The predicted molar refractivity (Wildman–Crippen MR) is 138 cm³/mol. The molecule has 0 aliphatic carbocycles. The number of carbonyl (C=O) groups excluding carboxylic acids is 2. The Balaban J connectivity index is 1.35. The lowest BCUT2D eigenvalue weighted by molar-refractivity contribution is -0.117. The maximum atomic E-state index is 12.9. The number of nitrogens with one attached hydrogen (secondary N) is 1. The number of pyridine rings is 1. The minimum atomic E-state index is -0.198. The maximum Gasteiger partial charge on any atom is 0.253 e. The smallest absolute Gasteiger partial charge is 0.253 e. The summed E-state index contributed by atoms with van der Waals surface area (Å²) < 4.78 is 5.18. The van der Waals surface area contributed by atoms with E-state index in [-0.39, 0.29) is 17.7 Å². The monoisotopic (exact) mass is 472 g/mol. The fourth-order valence-corrected chi connectivity index (χ4v) is 4.40. The van der Waals surface area contributed by atoms with Gasteiger partial charge in [-0.1, -0.05) is 37.3 Å². The highest BCUT2D eigenvalue weighted by Gasteiger charge is 2.22. The molecule has 0 radical (unpaired) electrons. The van der Waals surface area contributed by atoms with Crippen LogP contribution in [0.5, 0.6) is 5.75 Å². The van der Waals surface area contributed by atoms with E-state index in [9.17, 15) is 9.59 Å². The van der Waals surface area contributed by atoms with Crippen LogP contribution in [0.15, 0.2) is 72.9 Å². The van der Waals surface area contributed by atoms with Gasteiger partial charge in [0.15, 0.2) is 0 Å². The number of benzene rings is 2. The largest absolute Gasteiger partial charge is 0.497 e. The van der Waals surface area contributed by atoms with Gasteiger partial charge in [-0.3, -0.25) is 9.59 Å². The second-order valence-corrected chi connectivity index (χ2v) is 8.63. The topological polar surface area (TPSA) is 74.8 Å². The van der Waals surface area contributed by atoms with Gasteiger partial charge in [-0.05, 0) is 54.8 Å². The van der Waals surface area contributed by atoms with Crippen LogP contribution in [-0.4, -0.2) is 55.0 Å². The third-order valence-electron chi connectivity index (χ3n) is 6.39. The Morgan fingerprint density at radius 3 is 2.40 bits per heavy atom. The van der Waals surface area contributed by atoms with E-state index in [1.807, 2.05) is 66.4 Å². The molecule has 1 aliphatic rings. The van der Waals surface area contributed by atoms with Crippen LogP contribution in [-0.2, 0) is 4.79 Å². The molecule has 1 N–H and O–H groups in total. The molecule has 0 saturated carbocycles. The van der Waals surface area contributed by atoms with E-state index in [0.29, 0.717) is 30.9 Å². The van der Waals surface area contributed by atoms with Gasteiger partial charge in [0.25, 0.3) is 5.91 Å². The van der Waals surface area contributed by atoms with Gasteiger partial charge in [0.05, 0.1) is 24.9 Å². The molecule has 2 amide bonds. The molecule has 1 aromatic heterocycles. The molecular formula is C28H32N4O3. The van der Waals surface area contributed by atoms with Crippen molar-refractivity contribution in [2.24, 2.45) is 0 Å². The van der Waals surface area contributed by atoms with Crippen molar-refractivity contribution in [1.29, 1.82) is 0 Å². The Labute approximate surface area is 206 Å². The first-order valence-electron chi connectivity index (χ1n) is 12.1. The maximum absolute atomic E-state index is 12.9. The van der Waals surface area contributed by atoms with Crippen LogP contribution >= 0.6 is 0 Å². The number of rotatable bonds is 7. The van der Waals surface area contributed by atoms with Crippen molar-refractivity contribution < 1.29 is 14.3 Å². The van der Waals surface area contributed by atoms with Crippen LogP contribution < -0.4 is 15.0 Å². The van der Waals surface area contributed by atoms with Gasteiger partial charge >= 0.3 is 0 Å². The Morgan fingerprint density at radius 2 is 1.74 bits per heavy atom. The first-order chi connectivity index (χ1) is 17.1. The summed E-state index contributed by atoms with van der Waals surface area (Å²) in [6.45, 7) is 4.86. The Bertz CT molecular complexity index is 1120. The van der Waals surface area contributed by atoms with E-state index in [1.54, 1.807) is 25.4 Å². The number of ether oxygens (including phenoxy) is 1. The van der Waals surface area contributed by atoms with E-state index in [0.717, 1.165) is 36.5 Å². The lowest BCUT2D eigenvalue weighted by atomic mass is 9.95. The van der Waals surface area contributed by atoms with Gasteiger partial charge in [0.2, 0.25) is 5.91 Å². The summed E-state index contributed by atoms with van der Waals surface area (Å²) >= 11 is 0. The third-order valence-corrected chi connectivity index (χ3v) is 6.39. The highest BCUT2D eigenvalue weighted by atomic mass is 16.5. The van der Waals surface area contributed by atoms with Crippen LogP contribution in [0.1, 0.15) is 41.6 Å². The molecule has 1 atom stereocenters. The zero-order valence-electron chi connectivity index (χ0n) is 20.3. The second kappa shape index (κ2) is 11.5. The van der Waals surface area contributed by atoms with Crippen molar-refractivity contribution in [2.75, 3.05) is 43.5 Å². The molecule has 4 rings (SSSR count). The summed E-state index contributed by atoms with van der Waals surface area (Å²) in [6.07, 6.45) is 3.29. The zero-order chi connectivity index (χ0) is 24.6. The van der Waals surface area contributed by atoms with Crippen molar-refractivity contribution in [3.8, 4) is 5.75 Å². The number of hydrogen-bond donors (Lipinski definition) is 1. The minimum absolute atomic E-state index is 0.0318. The molecule has 2 heterocycles. The highest BCUT2D eigenvalue weighted by Crippen LogP contribution is 2.23. The molecule has 0 unspecified atom stereocenters. The van der Waals surface area contributed by atoms with Crippen molar-refractivity contribution >= 4 is 23.3 Å². The van der Waals surface area contributed by atoms with E-state index in [4.69, 9.17) is 4.74 Å². The SMILES string of the molecule is CC[C@H](C(=O)Nc1ccc(N2CCCN(C(=O)c3ccc(OC)cc3)CC2)nc1)c1ccccc1. The molecule has 0 spiro atoms. The molecule has 35 heavy (non-hydrogen) atoms. The highest BCUT2D eigenvalue weighted by molar-refractivity contribution is 5.96. The Morgan fingerprint density at radius 1 is 0.971 bits per heavy atom. The van der Waals surface area contributed by atoms with Gasteiger partial charge in [0, 0.05) is 31.7 Å². The van der Waals surface area contributed by atoms with Crippen LogP contribution in [0.3, 0.4) is 0 Å². The van der Waals surface area contributed by atoms with Crippen LogP contribution in [0.4, 0.5) is 11.5 Å². The van der Waals surface area contributed by atoms with Gasteiger partial charge in [-0.2, -0.15) is 0 Å². The van der Waals surface area contributed by atoms with Gasteiger partial charge in [-0.25, -0.2) is 4.98 Å². The quantitative estimate of drug-likeness (QED) is 0.545. The van der Waals surface area contributed by atoms with Gasteiger partial charge in [0.1, 0.15) is 11.6 Å². The summed E-state index contributed by atoms with van der Waals surface area (Å²) in [7, 11) is 1.61. The number of anilines is 2. The third kappa shape index (κ3) is 5.98. The fourth-order valence-electron chi connectivity index (χ4n) is 4.40. The predicted octanol–water partition coefficient (Wildman–Crippen LogP) is 4.58.